The molecule has 1 rings (SSSR count). The Morgan fingerprint density at radius 2 is 2.38 bits per heavy atom. The summed E-state index contributed by atoms with van der Waals surface area (Å²) in [6.07, 6.45) is 2.84. The molecule has 1 aromatic heterocycles. The maximum absolute atomic E-state index is 11.3. The van der Waals surface area contributed by atoms with Crippen LogP contribution in [0.3, 0.4) is 0 Å². The lowest BCUT2D eigenvalue weighted by atomic mass is 10.2. The van der Waals surface area contributed by atoms with Crippen molar-refractivity contribution >= 4 is 17.2 Å². The summed E-state index contributed by atoms with van der Waals surface area (Å²) in [6, 6.07) is 0. The van der Waals surface area contributed by atoms with Gasteiger partial charge in [0.15, 0.2) is 0 Å². The zero-order chi connectivity index (χ0) is 11.8. The summed E-state index contributed by atoms with van der Waals surface area (Å²) in [5.74, 6) is 0.0559. The average molecular weight is 242 g/mol. The fourth-order valence-electron chi connectivity index (χ4n) is 1.35. The fourth-order valence-corrected chi connectivity index (χ4v) is 2.00. The van der Waals surface area contributed by atoms with Crippen LogP contribution in [0.15, 0.2) is 5.38 Å². The monoisotopic (exact) mass is 242 g/mol. The molecule has 0 aliphatic carbocycles. The molecule has 0 spiro atoms. The van der Waals surface area contributed by atoms with Crippen molar-refractivity contribution in [3.8, 4) is 0 Å². The van der Waals surface area contributed by atoms with Gasteiger partial charge in [-0.1, -0.05) is 0 Å². The molecule has 0 bridgehead atoms. The minimum Gasteiger partial charge on any atom is -0.396 e. The second-order valence-corrected chi connectivity index (χ2v) is 4.70. The molecule has 0 saturated carbocycles. The van der Waals surface area contributed by atoms with Gasteiger partial charge in [-0.3, -0.25) is 4.79 Å². The van der Waals surface area contributed by atoms with Crippen LogP contribution in [0.4, 0.5) is 0 Å². The van der Waals surface area contributed by atoms with E-state index in [9.17, 15) is 4.79 Å². The Balaban J connectivity index is 2.08. The van der Waals surface area contributed by atoms with Crippen LogP contribution in [-0.2, 0) is 11.2 Å². The minimum absolute atomic E-state index is 0.0559. The van der Waals surface area contributed by atoms with Gasteiger partial charge < -0.3 is 10.4 Å². The molecule has 5 heteroatoms. The maximum atomic E-state index is 11.3. The molecule has 0 aliphatic rings. The molecule has 0 radical (unpaired) electrons. The van der Waals surface area contributed by atoms with Crippen molar-refractivity contribution < 1.29 is 9.90 Å². The normalized spacial score (nSPS) is 10.4. The van der Waals surface area contributed by atoms with Crippen LogP contribution in [0.1, 0.15) is 30.0 Å². The Hall–Kier alpha value is -0.940. The summed E-state index contributed by atoms with van der Waals surface area (Å²) in [5, 5.41) is 14.4. The number of aliphatic hydroxyl groups excluding tert-OH is 1. The number of aliphatic hydroxyl groups is 1. The molecular formula is C11H18N2O2S. The zero-order valence-electron chi connectivity index (χ0n) is 9.53. The predicted octanol–water partition coefficient (Wildman–Crippen LogP) is 1.27. The molecule has 0 fully saturated rings. The molecule has 1 heterocycles. The number of carbonyl (C=O) groups excluding carboxylic acids is 1. The second kappa shape index (κ2) is 7.35. The third-order valence-electron chi connectivity index (χ3n) is 2.16. The van der Waals surface area contributed by atoms with Crippen LogP contribution < -0.4 is 5.32 Å². The Bertz CT molecular complexity index is 326. The third kappa shape index (κ3) is 5.23. The Morgan fingerprint density at radius 1 is 1.56 bits per heavy atom. The van der Waals surface area contributed by atoms with E-state index < -0.39 is 0 Å². The fraction of sp³-hybridized carbons (Fsp3) is 0.636. The first kappa shape index (κ1) is 13.1. The number of amides is 1. The highest BCUT2D eigenvalue weighted by Crippen LogP contribution is 2.10. The first-order chi connectivity index (χ1) is 7.72. The van der Waals surface area contributed by atoms with Crippen LogP contribution >= 0.6 is 11.3 Å². The molecular weight excluding hydrogens is 224 g/mol. The summed E-state index contributed by atoms with van der Waals surface area (Å²) < 4.78 is 0. The highest BCUT2D eigenvalue weighted by atomic mass is 32.1. The number of thiazole rings is 1. The van der Waals surface area contributed by atoms with Crippen molar-refractivity contribution in [1.29, 1.82) is 0 Å². The molecule has 2 N–H and O–H groups in total. The summed E-state index contributed by atoms with van der Waals surface area (Å²) in [7, 11) is 0. The number of aryl methyl sites for hydroxylation is 2. The van der Waals surface area contributed by atoms with E-state index >= 15 is 0 Å². The van der Waals surface area contributed by atoms with E-state index in [0.717, 1.165) is 23.5 Å². The zero-order valence-corrected chi connectivity index (χ0v) is 10.3. The van der Waals surface area contributed by atoms with Gasteiger partial charge >= 0.3 is 0 Å². The molecule has 0 aliphatic heterocycles. The van der Waals surface area contributed by atoms with Crippen molar-refractivity contribution in [2.24, 2.45) is 0 Å². The standard InChI is InChI=1S/C11H18N2O2S/c1-9-13-10(8-16-9)4-2-5-11(15)12-6-3-7-14/h8,14H,2-7H2,1H3,(H,12,15). The van der Waals surface area contributed by atoms with Crippen molar-refractivity contribution in [2.45, 2.75) is 32.6 Å². The number of nitrogens with zero attached hydrogens (tertiary/aromatic N) is 1. The lowest BCUT2D eigenvalue weighted by Crippen LogP contribution is -2.24. The average Bonchev–Trinajstić information content (AvgIpc) is 2.65. The van der Waals surface area contributed by atoms with Gasteiger partial charge in [0, 0.05) is 25.0 Å². The van der Waals surface area contributed by atoms with E-state index in [1.54, 1.807) is 11.3 Å². The summed E-state index contributed by atoms with van der Waals surface area (Å²) in [6.45, 7) is 2.67. The first-order valence-corrected chi connectivity index (χ1v) is 6.39. The van der Waals surface area contributed by atoms with Gasteiger partial charge in [-0.25, -0.2) is 4.98 Å². The third-order valence-corrected chi connectivity index (χ3v) is 2.98. The molecule has 0 atom stereocenters. The van der Waals surface area contributed by atoms with Gasteiger partial charge in [0.05, 0.1) is 10.7 Å². The van der Waals surface area contributed by atoms with Crippen molar-refractivity contribution in [3.05, 3.63) is 16.1 Å². The molecule has 4 nitrogen and oxygen atoms in total. The number of carbonyl (C=O) groups is 1. The van der Waals surface area contributed by atoms with Crippen molar-refractivity contribution in [2.75, 3.05) is 13.2 Å². The minimum atomic E-state index is 0.0559. The molecule has 1 aromatic rings. The number of hydrogen-bond donors (Lipinski definition) is 2. The lowest BCUT2D eigenvalue weighted by molar-refractivity contribution is -0.121. The largest absolute Gasteiger partial charge is 0.396 e. The number of aromatic nitrogens is 1. The van der Waals surface area contributed by atoms with Crippen LogP contribution in [0.5, 0.6) is 0 Å². The van der Waals surface area contributed by atoms with Gasteiger partial charge in [0.1, 0.15) is 0 Å². The molecule has 16 heavy (non-hydrogen) atoms. The Kier molecular flexibility index (Phi) is 6.03. The molecule has 90 valence electrons. The van der Waals surface area contributed by atoms with E-state index in [1.807, 2.05) is 12.3 Å². The summed E-state index contributed by atoms with van der Waals surface area (Å²) in [4.78, 5) is 15.6. The van der Waals surface area contributed by atoms with E-state index in [2.05, 4.69) is 10.3 Å². The summed E-state index contributed by atoms with van der Waals surface area (Å²) in [5.41, 5.74) is 1.07. The van der Waals surface area contributed by atoms with Gasteiger partial charge in [0.25, 0.3) is 0 Å². The van der Waals surface area contributed by atoms with Crippen LogP contribution in [-0.4, -0.2) is 29.1 Å². The van der Waals surface area contributed by atoms with Crippen molar-refractivity contribution in [3.63, 3.8) is 0 Å². The quantitative estimate of drug-likeness (QED) is 0.708. The Labute approximate surface area is 99.7 Å². The SMILES string of the molecule is Cc1nc(CCCC(=O)NCCCO)cs1. The highest BCUT2D eigenvalue weighted by molar-refractivity contribution is 7.09. The van der Waals surface area contributed by atoms with Crippen LogP contribution in [0.25, 0.3) is 0 Å². The van der Waals surface area contributed by atoms with Gasteiger partial charge in [-0.2, -0.15) is 0 Å². The van der Waals surface area contributed by atoms with Gasteiger partial charge in [-0.05, 0) is 26.2 Å². The molecule has 0 aromatic carbocycles. The molecule has 0 saturated heterocycles. The van der Waals surface area contributed by atoms with E-state index in [1.165, 1.54) is 0 Å². The van der Waals surface area contributed by atoms with Crippen molar-refractivity contribution in [1.82, 2.24) is 10.3 Å². The van der Waals surface area contributed by atoms with E-state index in [0.29, 0.717) is 19.4 Å². The maximum Gasteiger partial charge on any atom is 0.220 e. The van der Waals surface area contributed by atoms with Gasteiger partial charge in [0.2, 0.25) is 5.91 Å². The predicted molar refractivity (Wildman–Crippen MR) is 64.5 cm³/mol. The highest BCUT2D eigenvalue weighted by Gasteiger charge is 2.02. The van der Waals surface area contributed by atoms with E-state index in [-0.39, 0.29) is 12.5 Å². The second-order valence-electron chi connectivity index (χ2n) is 3.64. The van der Waals surface area contributed by atoms with E-state index in [4.69, 9.17) is 5.11 Å². The number of hydrogen-bond acceptors (Lipinski definition) is 4. The van der Waals surface area contributed by atoms with Crippen LogP contribution in [0.2, 0.25) is 0 Å². The number of rotatable bonds is 7. The Morgan fingerprint density at radius 3 is 3.00 bits per heavy atom. The summed E-state index contributed by atoms with van der Waals surface area (Å²) >= 11 is 1.64. The topological polar surface area (TPSA) is 62.2 Å². The first-order valence-electron chi connectivity index (χ1n) is 5.51. The van der Waals surface area contributed by atoms with Crippen LogP contribution in [0, 0.1) is 6.92 Å². The van der Waals surface area contributed by atoms with Gasteiger partial charge in [-0.15, -0.1) is 11.3 Å². The molecule has 0 unspecified atom stereocenters. The smallest absolute Gasteiger partial charge is 0.220 e. The number of nitrogens with one attached hydrogen (secondary N) is 1. The lowest BCUT2D eigenvalue weighted by Gasteiger charge is -2.02. The molecule has 1 amide bonds.